The lowest BCUT2D eigenvalue weighted by molar-refractivity contribution is 0.0947. The van der Waals surface area contributed by atoms with Gasteiger partial charge in [-0.05, 0) is 43.5 Å². The third-order valence-corrected chi connectivity index (χ3v) is 3.77. The molecule has 0 saturated carbocycles. The van der Waals surface area contributed by atoms with Crippen molar-refractivity contribution in [3.8, 4) is 0 Å². The first-order valence-corrected chi connectivity index (χ1v) is 7.98. The van der Waals surface area contributed by atoms with Gasteiger partial charge in [-0.3, -0.25) is 14.3 Å². The van der Waals surface area contributed by atoms with Gasteiger partial charge in [-0.1, -0.05) is 19.9 Å². The largest absolute Gasteiger partial charge is 0.352 e. The van der Waals surface area contributed by atoms with E-state index in [2.05, 4.69) is 15.7 Å². The fourth-order valence-electron chi connectivity index (χ4n) is 2.15. The van der Waals surface area contributed by atoms with E-state index in [1.54, 1.807) is 29.9 Å². The van der Waals surface area contributed by atoms with Crippen molar-refractivity contribution < 1.29 is 9.59 Å². The molecule has 2 N–H and O–H groups in total. The Kier molecular flexibility index (Phi) is 5.39. The number of nitrogens with one attached hydrogen (secondary N) is 2. The molecule has 6 heteroatoms. The van der Waals surface area contributed by atoms with E-state index in [1.807, 2.05) is 33.8 Å². The molecule has 0 saturated heterocycles. The van der Waals surface area contributed by atoms with Gasteiger partial charge < -0.3 is 10.6 Å². The summed E-state index contributed by atoms with van der Waals surface area (Å²) in [6.45, 7) is 8.46. The number of hydrogen-bond acceptors (Lipinski definition) is 3. The van der Waals surface area contributed by atoms with Crippen molar-refractivity contribution in [3.63, 3.8) is 0 Å². The molecule has 0 aliphatic heterocycles. The van der Waals surface area contributed by atoms with Crippen molar-refractivity contribution in [1.82, 2.24) is 15.1 Å². The van der Waals surface area contributed by atoms with Crippen molar-refractivity contribution in [2.75, 3.05) is 11.9 Å². The third kappa shape index (κ3) is 4.22. The van der Waals surface area contributed by atoms with Crippen molar-refractivity contribution >= 4 is 17.5 Å². The zero-order chi connectivity index (χ0) is 17.9. The van der Waals surface area contributed by atoms with E-state index >= 15 is 0 Å². The van der Waals surface area contributed by atoms with Gasteiger partial charge in [0.05, 0.1) is 0 Å². The number of aryl methyl sites for hydroxylation is 3. The van der Waals surface area contributed by atoms with Crippen LogP contribution in [0.1, 0.15) is 46.0 Å². The fraction of sp³-hybridized carbons (Fsp3) is 0.389. The lowest BCUT2D eigenvalue weighted by atomic mass is 10.1. The molecule has 6 nitrogen and oxygen atoms in total. The molecule has 0 aliphatic rings. The molecular weight excluding hydrogens is 304 g/mol. The smallest absolute Gasteiger partial charge is 0.276 e. The van der Waals surface area contributed by atoms with E-state index in [4.69, 9.17) is 0 Å². The number of carbonyl (C=O) groups excluding carboxylic acids is 2. The second-order valence-corrected chi connectivity index (χ2v) is 6.38. The van der Waals surface area contributed by atoms with E-state index in [1.165, 1.54) is 0 Å². The summed E-state index contributed by atoms with van der Waals surface area (Å²) in [7, 11) is 1.79. The molecule has 0 spiro atoms. The van der Waals surface area contributed by atoms with Crippen molar-refractivity contribution in [2.45, 2.75) is 27.7 Å². The Morgan fingerprint density at radius 2 is 1.88 bits per heavy atom. The molecule has 2 amide bonds. The first-order valence-electron chi connectivity index (χ1n) is 7.98. The van der Waals surface area contributed by atoms with Crippen LogP contribution >= 0.6 is 0 Å². The lowest BCUT2D eigenvalue weighted by Crippen LogP contribution is -2.27. The summed E-state index contributed by atoms with van der Waals surface area (Å²) in [6.07, 6.45) is 0. The molecule has 24 heavy (non-hydrogen) atoms. The molecule has 0 aliphatic carbocycles. The number of aromatic nitrogens is 2. The van der Waals surface area contributed by atoms with Gasteiger partial charge in [-0.25, -0.2) is 0 Å². The Bertz CT molecular complexity index is 743. The first kappa shape index (κ1) is 17.7. The van der Waals surface area contributed by atoms with E-state index < -0.39 is 0 Å². The summed E-state index contributed by atoms with van der Waals surface area (Å²) >= 11 is 0. The molecule has 0 bridgehead atoms. The summed E-state index contributed by atoms with van der Waals surface area (Å²) < 4.78 is 1.65. The molecule has 2 aromatic rings. The van der Waals surface area contributed by atoms with Crippen molar-refractivity contribution in [2.24, 2.45) is 13.0 Å². The van der Waals surface area contributed by atoms with E-state index in [9.17, 15) is 9.59 Å². The van der Waals surface area contributed by atoms with Gasteiger partial charge in [0.2, 0.25) is 0 Å². The van der Waals surface area contributed by atoms with Crippen LogP contribution in [0.5, 0.6) is 0 Å². The van der Waals surface area contributed by atoms with Gasteiger partial charge in [0, 0.05) is 30.5 Å². The van der Waals surface area contributed by atoms with Crippen molar-refractivity contribution in [3.05, 3.63) is 46.8 Å². The molecule has 1 heterocycles. The zero-order valence-electron chi connectivity index (χ0n) is 14.8. The maximum atomic E-state index is 12.3. The van der Waals surface area contributed by atoms with Crippen LogP contribution in [0.3, 0.4) is 0 Å². The van der Waals surface area contributed by atoms with E-state index in [0.717, 1.165) is 11.3 Å². The topological polar surface area (TPSA) is 76.0 Å². The molecule has 2 rings (SSSR count). The molecule has 128 valence electrons. The summed E-state index contributed by atoms with van der Waals surface area (Å²) in [6, 6.07) is 7.00. The zero-order valence-corrected chi connectivity index (χ0v) is 14.8. The maximum Gasteiger partial charge on any atom is 0.276 e. The van der Waals surface area contributed by atoms with Crippen LogP contribution in [0.4, 0.5) is 5.69 Å². The molecule has 0 atom stereocenters. The molecule has 0 fully saturated rings. The SMILES string of the molecule is Cc1ccc(C(=O)NCC(C)C)cc1NC(=O)c1cc(C)n(C)n1. The van der Waals surface area contributed by atoms with Crippen LogP contribution < -0.4 is 10.6 Å². The number of nitrogens with zero attached hydrogens (tertiary/aromatic N) is 2. The lowest BCUT2D eigenvalue weighted by Gasteiger charge is -2.11. The first-order chi connectivity index (χ1) is 11.3. The van der Waals surface area contributed by atoms with Gasteiger partial charge in [-0.15, -0.1) is 0 Å². The Labute approximate surface area is 142 Å². The van der Waals surface area contributed by atoms with Crippen LogP contribution in [-0.4, -0.2) is 28.1 Å². The van der Waals surface area contributed by atoms with Crippen LogP contribution in [-0.2, 0) is 7.05 Å². The minimum atomic E-state index is -0.290. The highest BCUT2D eigenvalue weighted by Gasteiger charge is 2.14. The highest BCUT2D eigenvalue weighted by Crippen LogP contribution is 2.18. The predicted octanol–water partition coefficient (Wildman–Crippen LogP) is 2.68. The molecule has 1 aromatic heterocycles. The minimum Gasteiger partial charge on any atom is -0.352 e. The van der Waals surface area contributed by atoms with Gasteiger partial charge >= 0.3 is 0 Å². The molecule has 0 radical (unpaired) electrons. The summed E-state index contributed by atoms with van der Waals surface area (Å²) in [5.41, 5.74) is 3.27. The molecular formula is C18H24N4O2. The summed E-state index contributed by atoms with van der Waals surface area (Å²) in [5, 5.41) is 9.87. The third-order valence-electron chi connectivity index (χ3n) is 3.77. The van der Waals surface area contributed by atoms with Crippen LogP contribution in [0.15, 0.2) is 24.3 Å². The monoisotopic (exact) mass is 328 g/mol. The average molecular weight is 328 g/mol. The van der Waals surface area contributed by atoms with Gasteiger partial charge in [-0.2, -0.15) is 5.10 Å². The predicted molar refractivity (Wildman–Crippen MR) is 94.2 cm³/mol. The van der Waals surface area contributed by atoms with Crippen molar-refractivity contribution in [1.29, 1.82) is 0 Å². The van der Waals surface area contributed by atoms with Gasteiger partial charge in [0.15, 0.2) is 5.69 Å². The highest BCUT2D eigenvalue weighted by atomic mass is 16.2. The minimum absolute atomic E-state index is 0.145. The Morgan fingerprint density at radius 3 is 2.46 bits per heavy atom. The number of hydrogen-bond donors (Lipinski definition) is 2. The van der Waals surface area contributed by atoms with E-state index in [-0.39, 0.29) is 11.8 Å². The summed E-state index contributed by atoms with van der Waals surface area (Å²) in [4.78, 5) is 24.5. The number of anilines is 1. The maximum absolute atomic E-state index is 12.3. The van der Waals surface area contributed by atoms with Gasteiger partial charge in [0.25, 0.3) is 11.8 Å². The highest BCUT2D eigenvalue weighted by molar-refractivity contribution is 6.04. The van der Waals surface area contributed by atoms with Crippen LogP contribution in [0.25, 0.3) is 0 Å². The Morgan fingerprint density at radius 1 is 1.17 bits per heavy atom. The van der Waals surface area contributed by atoms with E-state index in [0.29, 0.717) is 29.4 Å². The number of benzene rings is 1. The quantitative estimate of drug-likeness (QED) is 0.886. The number of rotatable bonds is 5. The van der Waals surface area contributed by atoms with Crippen LogP contribution in [0.2, 0.25) is 0 Å². The normalized spacial score (nSPS) is 10.8. The standard InChI is InChI=1S/C18H24N4O2/c1-11(2)10-19-17(23)14-7-6-12(3)15(9-14)20-18(24)16-8-13(4)22(5)21-16/h6-9,11H,10H2,1-5H3,(H,19,23)(H,20,24). The molecule has 1 aromatic carbocycles. The van der Waals surface area contributed by atoms with Gasteiger partial charge in [0.1, 0.15) is 0 Å². The number of carbonyl (C=O) groups is 2. The van der Waals surface area contributed by atoms with Crippen LogP contribution in [0, 0.1) is 19.8 Å². The second kappa shape index (κ2) is 7.29. The average Bonchev–Trinajstić information content (AvgIpc) is 2.86. The Hall–Kier alpha value is -2.63. The summed E-state index contributed by atoms with van der Waals surface area (Å²) in [5.74, 6) is -0.0552. The second-order valence-electron chi connectivity index (χ2n) is 6.38. The fourth-order valence-corrected chi connectivity index (χ4v) is 2.15. The number of amides is 2. The Balaban J connectivity index is 2.16. The molecule has 0 unspecified atom stereocenters.